The lowest BCUT2D eigenvalue weighted by Gasteiger charge is -2.18. The highest BCUT2D eigenvalue weighted by molar-refractivity contribution is 5.71. The Morgan fingerprint density at radius 2 is 0.581 bits per heavy atom. The Kier molecular flexibility index (Phi) is 49.8. The summed E-state index contributed by atoms with van der Waals surface area (Å²) in [7, 11) is 0. The number of carbonyl (C=O) groups excluding carboxylic acids is 3. The Labute approximate surface area is 385 Å². The summed E-state index contributed by atoms with van der Waals surface area (Å²) in [5.41, 5.74) is 0. The molecule has 62 heavy (non-hydrogen) atoms. The van der Waals surface area contributed by atoms with Gasteiger partial charge in [-0.25, -0.2) is 0 Å². The molecule has 0 aromatic rings. The highest BCUT2D eigenvalue weighted by Crippen LogP contribution is 2.16. The minimum atomic E-state index is -0.766. The van der Waals surface area contributed by atoms with Gasteiger partial charge in [0.05, 0.1) is 0 Å². The van der Waals surface area contributed by atoms with E-state index in [1.807, 2.05) is 0 Å². The second-order valence-electron chi connectivity index (χ2n) is 18.5. The van der Waals surface area contributed by atoms with Gasteiger partial charge in [0.1, 0.15) is 13.2 Å². The van der Waals surface area contributed by atoms with Crippen LogP contribution in [0.4, 0.5) is 0 Å². The number of esters is 3. The van der Waals surface area contributed by atoms with Gasteiger partial charge in [-0.1, -0.05) is 251 Å². The van der Waals surface area contributed by atoms with Crippen LogP contribution in [-0.4, -0.2) is 37.2 Å². The molecule has 0 aliphatic rings. The average molecular weight is 873 g/mol. The normalized spacial score (nSPS) is 12.1. The van der Waals surface area contributed by atoms with Crippen LogP contribution in [0.2, 0.25) is 0 Å². The molecule has 0 bridgehead atoms. The number of hydrogen-bond donors (Lipinski definition) is 0. The molecule has 6 heteroatoms. The van der Waals surface area contributed by atoms with Gasteiger partial charge in [0, 0.05) is 19.3 Å². The number of unbranched alkanes of at least 4 members (excludes halogenated alkanes) is 35. The number of allylic oxidation sites excluding steroid dienone is 4. The van der Waals surface area contributed by atoms with Crippen LogP contribution in [0.5, 0.6) is 0 Å². The number of rotatable bonds is 50. The van der Waals surface area contributed by atoms with Gasteiger partial charge in [-0.05, 0) is 51.4 Å². The maximum atomic E-state index is 12.8. The van der Waals surface area contributed by atoms with Crippen molar-refractivity contribution in [1.29, 1.82) is 0 Å². The molecule has 0 saturated heterocycles. The Balaban J connectivity index is 4.28. The minimum Gasteiger partial charge on any atom is -0.462 e. The van der Waals surface area contributed by atoms with Crippen LogP contribution in [0.15, 0.2) is 24.3 Å². The molecule has 1 atom stereocenters. The zero-order chi connectivity index (χ0) is 45.1. The molecule has 0 saturated carbocycles. The highest BCUT2D eigenvalue weighted by Gasteiger charge is 2.19. The molecule has 364 valence electrons. The van der Waals surface area contributed by atoms with E-state index in [0.717, 1.165) is 64.2 Å². The fourth-order valence-electron chi connectivity index (χ4n) is 8.06. The summed E-state index contributed by atoms with van der Waals surface area (Å²) in [6.07, 6.45) is 58.8. The van der Waals surface area contributed by atoms with Gasteiger partial charge in [0.2, 0.25) is 0 Å². The lowest BCUT2D eigenvalue weighted by molar-refractivity contribution is -0.167. The number of carbonyl (C=O) groups is 3. The summed E-state index contributed by atoms with van der Waals surface area (Å²) in [5.74, 6) is -0.856. The summed E-state index contributed by atoms with van der Waals surface area (Å²) in [4.78, 5) is 38.0. The molecule has 0 radical (unpaired) electrons. The molecule has 0 N–H and O–H groups in total. The summed E-state index contributed by atoms with van der Waals surface area (Å²) in [6.45, 7) is 6.64. The van der Waals surface area contributed by atoms with Crippen molar-refractivity contribution in [2.75, 3.05) is 13.2 Å². The Morgan fingerprint density at radius 1 is 0.323 bits per heavy atom. The van der Waals surface area contributed by atoms with Crippen LogP contribution >= 0.6 is 0 Å². The van der Waals surface area contributed by atoms with Crippen LogP contribution in [-0.2, 0) is 28.6 Å². The molecule has 0 rings (SSSR count). The van der Waals surface area contributed by atoms with Gasteiger partial charge in [-0.15, -0.1) is 0 Å². The molecule has 0 fully saturated rings. The monoisotopic (exact) mass is 873 g/mol. The molecule has 1 unspecified atom stereocenters. The summed E-state index contributed by atoms with van der Waals surface area (Å²) in [6, 6.07) is 0. The summed E-state index contributed by atoms with van der Waals surface area (Å²) in [5, 5.41) is 0. The minimum absolute atomic E-state index is 0.0674. The van der Waals surface area contributed by atoms with Crippen molar-refractivity contribution in [3.63, 3.8) is 0 Å². The van der Waals surface area contributed by atoms with E-state index in [1.165, 1.54) is 193 Å². The van der Waals surface area contributed by atoms with E-state index in [4.69, 9.17) is 14.2 Å². The van der Waals surface area contributed by atoms with Crippen molar-refractivity contribution in [1.82, 2.24) is 0 Å². The molecular weight excluding hydrogens is 769 g/mol. The van der Waals surface area contributed by atoms with Gasteiger partial charge < -0.3 is 14.2 Å². The second kappa shape index (κ2) is 51.5. The Morgan fingerprint density at radius 3 is 0.919 bits per heavy atom. The van der Waals surface area contributed by atoms with Crippen molar-refractivity contribution in [2.45, 2.75) is 303 Å². The first-order valence-electron chi connectivity index (χ1n) is 27.3. The van der Waals surface area contributed by atoms with E-state index in [9.17, 15) is 14.4 Å². The fraction of sp³-hybridized carbons (Fsp3) is 0.875. The van der Waals surface area contributed by atoms with Gasteiger partial charge in [-0.2, -0.15) is 0 Å². The lowest BCUT2D eigenvalue weighted by atomic mass is 10.0. The summed E-state index contributed by atoms with van der Waals surface area (Å²) < 4.78 is 16.8. The highest BCUT2D eigenvalue weighted by atomic mass is 16.6. The van der Waals surface area contributed by atoms with Crippen LogP contribution in [0.3, 0.4) is 0 Å². The van der Waals surface area contributed by atoms with Crippen LogP contribution in [0.1, 0.15) is 297 Å². The molecule has 6 nitrogen and oxygen atoms in total. The predicted molar refractivity (Wildman–Crippen MR) is 266 cm³/mol. The third-order valence-electron chi connectivity index (χ3n) is 12.2. The van der Waals surface area contributed by atoms with Gasteiger partial charge >= 0.3 is 17.9 Å². The van der Waals surface area contributed by atoms with Gasteiger partial charge in [-0.3, -0.25) is 14.4 Å². The topological polar surface area (TPSA) is 78.9 Å². The third-order valence-corrected chi connectivity index (χ3v) is 12.2. The largest absolute Gasteiger partial charge is 0.462 e. The van der Waals surface area contributed by atoms with Crippen LogP contribution < -0.4 is 0 Å². The Bertz CT molecular complexity index is 1000. The maximum Gasteiger partial charge on any atom is 0.306 e. The molecule has 0 aliphatic carbocycles. The SMILES string of the molecule is CCCCC/C=C\C/C=C\CCCCCCCCCCCC(=O)OCC(COC(=O)CCCCCCCCCCCC)OC(=O)CCCCCCCCCCCCCCCCC. The fourth-order valence-corrected chi connectivity index (χ4v) is 8.06. The van der Waals surface area contributed by atoms with Crippen molar-refractivity contribution in [3.8, 4) is 0 Å². The molecule has 0 aromatic heterocycles. The molecular formula is C56H104O6. The van der Waals surface area contributed by atoms with E-state index in [1.54, 1.807) is 0 Å². The van der Waals surface area contributed by atoms with Crippen LogP contribution in [0.25, 0.3) is 0 Å². The Hall–Kier alpha value is -2.11. The first-order chi connectivity index (χ1) is 30.5. The van der Waals surface area contributed by atoms with Gasteiger partial charge in [0.25, 0.3) is 0 Å². The van der Waals surface area contributed by atoms with Gasteiger partial charge in [0.15, 0.2) is 6.10 Å². The molecule has 0 aliphatic heterocycles. The van der Waals surface area contributed by atoms with E-state index < -0.39 is 6.10 Å². The zero-order valence-electron chi connectivity index (χ0n) is 41.7. The van der Waals surface area contributed by atoms with Crippen molar-refractivity contribution in [2.24, 2.45) is 0 Å². The van der Waals surface area contributed by atoms with Crippen LogP contribution in [0, 0.1) is 0 Å². The van der Waals surface area contributed by atoms with E-state index in [-0.39, 0.29) is 31.1 Å². The average Bonchev–Trinajstić information content (AvgIpc) is 3.27. The lowest BCUT2D eigenvalue weighted by Crippen LogP contribution is -2.30. The zero-order valence-corrected chi connectivity index (χ0v) is 41.7. The van der Waals surface area contributed by atoms with E-state index in [0.29, 0.717) is 19.3 Å². The maximum absolute atomic E-state index is 12.8. The first kappa shape index (κ1) is 59.9. The molecule has 0 spiro atoms. The quantitative estimate of drug-likeness (QED) is 0.0262. The predicted octanol–water partition coefficient (Wildman–Crippen LogP) is 17.9. The standard InChI is InChI=1S/C56H104O6/c1-4-7-10-13-16-19-22-24-26-27-28-29-31-32-34-37-40-43-46-49-55(58)61-52-53(51-60-54(57)48-45-42-39-36-21-18-15-12-9-6-3)62-56(59)50-47-44-41-38-35-33-30-25-23-20-17-14-11-8-5-2/h16,19,24,26,53H,4-15,17-18,20-23,25,27-52H2,1-3H3/b19-16-,26-24-. The second-order valence-corrected chi connectivity index (χ2v) is 18.5. The third kappa shape index (κ3) is 48.9. The number of ether oxygens (including phenoxy) is 3. The van der Waals surface area contributed by atoms with E-state index >= 15 is 0 Å². The van der Waals surface area contributed by atoms with Crippen molar-refractivity contribution in [3.05, 3.63) is 24.3 Å². The van der Waals surface area contributed by atoms with Crippen molar-refractivity contribution < 1.29 is 28.6 Å². The first-order valence-corrected chi connectivity index (χ1v) is 27.3. The summed E-state index contributed by atoms with van der Waals surface area (Å²) >= 11 is 0. The smallest absolute Gasteiger partial charge is 0.306 e. The number of hydrogen-bond acceptors (Lipinski definition) is 6. The molecule has 0 heterocycles. The van der Waals surface area contributed by atoms with Crippen molar-refractivity contribution >= 4 is 17.9 Å². The van der Waals surface area contributed by atoms with E-state index in [2.05, 4.69) is 45.1 Å². The molecule has 0 aromatic carbocycles. The molecule has 0 amide bonds.